The van der Waals surface area contributed by atoms with Crippen molar-refractivity contribution in [2.45, 2.75) is 26.2 Å². The minimum atomic E-state index is -0.284. The molecule has 3 nitrogen and oxygen atoms in total. The van der Waals surface area contributed by atoms with Crippen LogP contribution < -0.4 is 4.90 Å². The van der Waals surface area contributed by atoms with Crippen molar-refractivity contribution >= 4 is 11.7 Å². The van der Waals surface area contributed by atoms with Crippen LogP contribution >= 0.6 is 0 Å². The Morgan fingerprint density at radius 2 is 2.17 bits per heavy atom. The summed E-state index contributed by atoms with van der Waals surface area (Å²) in [6.45, 7) is 2.82. The Labute approximate surface area is 109 Å². The predicted molar refractivity (Wildman–Crippen MR) is 72.7 cm³/mol. The SMILES string of the molecule is COC(=O)C1(CN(C)c2cccc(C)c2)CCC1. The first-order valence-corrected chi connectivity index (χ1v) is 6.44. The molecule has 0 spiro atoms. The van der Waals surface area contributed by atoms with Gasteiger partial charge >= 0.3 is 5.97 Å². The lowest BCUT2D eigenvalue weighted by atomic mass is 9.68. The second kappa shape index (κ2) is 5.01. The van der Waals surface area contributed by atoms with Crippen molar-refractivity contribution in [1.82, 2.24) is 0 Å². The zero-order valence-electron chi connectivity index (χ0n) is 11.4. The summed E-state index contributed by atoms with van der Waals surface area (Å²) in [7, 11) is 3.52. The topological polar surface area (TPSA) is 29.5 Å². The first-order chi connectivity index (χ1) is 8.57. The van der Waals surface area contributed by atoms with E-state index in [-0.39, 0.29) is 11.4 Å². The van der Waals surface area contributed by atoms with E-state index in [2.05, 4.69) is 30.0 Å². The van der Waals surface area contributed by atoms with Gasteiger partial charge in [-0.2, -0.15) is 0 Å². The third-order valence-electron chi connectivity index (χ3n) is 3.91. The van der Waals surface area contributed by atoms with Crippen LogP contribution in [0.25, 0.3) is 0 Å². The zero-order valence-corrected chi connectivity index (χ0v) is 11.4. The molecular weight excluding hydrogens is 226 g/mol. The van der Waals surface area contributed by atoms with E-state index >= 15 is 0 Å². The Morgan fingerprint density at radius 1 is 1.44 bits per heavy atom. The Hall–Kier alpha value is -1.51. The molecule has 0 aromatic heterocycles. The molecule has 0 aliphatic heterocycles. The maximum absolute atomic E-state index is 11.9. The van der Waals surface area contributed by atoms with Gasteiger partial charge in [0.25, 0.3) is 0 Å². The molecule has 18 heavy (non-hydrogen) atoms. The molecule has 0 amide bonds. The van der Waals surface area contributed by atoms with Gasteiger partial charge in [0.1, 0.15) is 0 Å². The number of rotatable bonds is 4. The summed E-state index contributed by atoms with van der Waals surface area (Å²) in [5, 5.41) is 0. The Kier molecular flexibility index (Phi) is 3.60. The Morgan fingerprint density at radius 3 is 2.67 bits per heavy atom. The monoisotopic (exact) mass is 247 g/mol. The fraction of sp³-hybridized carbons (Fsp3) is 0.533. The summed E-state index contributed by atoms with van der Waals surface area (Å²) in [5.74, 6) is -0.0618. The number of methoxy groups -OCH3 is 1. The van der Waals surface area contributed by atoms with Crippen LogP contribution in [-0.2, 0) is 9.53 Å². The summed E-state index contributed by atoms with van der Waals surface area (Å²) in [4.78, 5) is 14.1. The third-order valence-corrected chi connectivity index (χ3v) is 3.91. The van der Waals surface area contributed by atoms with Crippen molar-refractivity contribution in [3.05, 3.63) is 29.8 Å². The quantitative estimate of drug-likeness (QED) is 0.766. The number of anilines is 1. The van der Waals surface area contributed by atoms with Crippen molar-refractivity contribution in [2.24, 2.45) is 5.41 Å². The molecule has 1 aromatic carbocycles. The van der Waals surface area contributed by atoms with E-state index in [0.717, 1.165) is 31.5 Å². The predicted octanol–water partition coefficient (Wildman–Crippen LogP) is 2.77. The minimum absolute atomic E-state index is 0.0618. The summed E-state index contributed by atoms with van der Waals surface area (Å²) >= 11 is 0. The summed E-state index contributed by atoms with van der Waals surface area (Å²) in [6.07, 6.45) is 3.00. The van der Waals surface area contributed by atoms with Gasteiger partial charge in [-0.25, -0.2) is 0 Å². The molecule has 1 aliphatic carbocycles. The van der Waals surface area contributed by atoms with Crippen molar-refractivity contribution in [3.8, 4) is 0 Å². The number of ether oxygens (including phenoxy) is 1. The van der Waals surface area contributed by atoms with Gasteiger partial charge in [-0.05, 0) is 37.5 Å². The molecule has 2 rings (SSSR count). The molecule has 1 saturated carbocycles. The van der Waals surface area contributed by atoms with Gasteiger partial charge in [0, 0.05) is 19.3 Å². The number of nitrogens with zero attached hydrogens (tertiary/aromatic N) is 1. The molecule has 1 aliphatic rings. The average molecular weight is 247 g/mol. The lowest BCUT2D eigenvalue weighted by Crippen LogP contribution is -2.47. The highest BCUT2D eigenvalue weighted by atomic mass is 16.5. The standard InChI is InChI=1S/C15H21NO2/c1-12-6-4-7-13(10-12)16(2)11-15(8-5-9-15)14(17)18-3/h4,6-7,10H,5,8-9,11H2,1-3H3. The number of carbonyl (C=O) groups is 1. The fourth-order valence-electron chi connectivity index (χ4n) is 2.66. The van der Waals surface area contributed by atoms with Gasteiger partial charge in [0.15, 0.2) is 0 Å². The Bertz CT molecular complexity index is 438. The van der Waals surface area contributed by atoms with Gasteiger partial charge < -0.3 is 9.64 Å². The fourth-order valence-corrected chi connectivity index (χ4v) is 2.66. The van der Waals surface area contributed by atoms with Gasteiger partial charge in [-0.15, -0.1) is 0 Å². The molecule has 0 unspecified atom stereocenters. The average Bonchev–Trinajstić information content (AvgIpc) is 2.32. The van der Waals surface area contributed by atoms with Crippen molar-refractivity contribution in [3.63, 3.8) is 0 Å². The van der Waals surface area contributed by atoms with E-state index in [0.29, 0.717) is 0 Å². The summed E-state index contributed by atoms with van der Waals surface area (Å²) in [5.41, 5.74) is 2.11. The number of benzene rings is 1. The molecule has 1 aromatic rings. The number of aryl methyl sites for hydroxylation is 1. The lowest BCUT2D eigenvalue weighted by molar-refractivity contribution is -0.157. The molecule has 0 radical (unpaired) electrons. The highest BCUT2D eigenvalue weighted by Gasteiger charge is 2.46. The normalized spacial score (nSPS) is 16.8. The van der Waals surface area contributed by atoms with Crippen LogP contribution in [0.1, 0.15) is 24.8 Å². The molecule has 1 fully saturated rings. The van der Waals surface area contributed by atoms with E-state index in [9.17, 15) is 4.79 Å². The number of hydrogen-bond acceptors (Lipinski definition) is 3. The molecule has 0 heterocycles. The second-order valence-electron chi connectivity index (χ2n) is 5.32. The molecule has 0 saturated heterocycles. The van der Waals surface area contributed by atoms with E-state index in [1.807, 2.05) is 13.1 Å². The van der Waals surface area contributed by atoms with Crippen LogP contribution in [0.5, 0.6) is 0 Å². The van der Waals surface area contributed by atoms with Gasteiger partial charge in [-0.3, -0.25) is 4.79 Å². The maximum Gasteiger partial charge on any atom is 0.313 e. The molecule has 0 bridgehead atoms. The van der Waals surface area contributed by atoms with Crippen LogP contribution in [0, 0.1) is 12.3 Å². The van der Waals surface area contributed by atoms with Crippen molar-refractivity contribution in [2.75, 3.05) is 25.6 Å². The zero-order chi connectivity index (χ0) is 13.2. The molecular formula is C15H21NO2. The number of hydrogen-bond donors (Lipinski definition) is 0. The smallest absolute Gasteiger partial charge is 0.313 e. The summed E-state index contributed by atoms with van der Waals surface area (Å²) in [6, 6.07) is 8.35. The number of carbonyl (C=O) groups excluding carboxylic acids is 1. The van der Waals surface area contributed by atoms with E-state index in [4.69, 9.17) is 4.74 Å². The van der Waals surface area contributed by atoms with Crippen LogP contribution in [-0.4, -0.2) is 26.7 Å². The molecule has 3 heteroatoms. The van der Waals surface area contributed by atoms with Gasteiger partial charge in [-0.1, -0.05) is 18.6 Å². The highest BCUT2D eigenvalue weighted by Crippen LogP contribution is 2.43. The van der Waals surface area contributed by atoms with E-state index in [1.54, 1.807) is 0 Å². The van der Waals surface area contributed by atoms with Crippen molar-refractivity contribution < 1.29 is 9.53 Å². The van der Waals surface area contributed by atoms with E-state index < -0.39 is 0 Å². The van der Waals surface area contributed by atoms with Crippen LogP contribution in [0.3, 0.4) is 0 Å². The molecule has 98 valence electrons. The summed E-state index contributed by atoms with van der Waals surface area (Å²) < 4.78 is 4.95. The van der Waals surface area contributed by atoms with Crippen molar-refractivity contribution in [1.29, 1.82) is 0 Å². The second-order valence-corrected chi connectivity index (χ2v) is 5.32. The van der Waals surface area contributed by atoms with E-state index in [1.165, 1.54) is 12.7 Å². The third kappa shape index (κ3) is 2.35. The first kappa shape index (κ1) is 12.9. The number of esters is 1. The largest absolute Gasteiger partial charge is 0.469 e. The Balaban J connectivity index is 2.11. The maximum atomic E-state index is 11.9. The van der Waals surface area contributed by atoms with Crippen LogP contribution in [0.2, 0.25) is 0 Å². The molecule has 0 N–H and O–H groups in total. The van der Waals surface area contributed by atoms with Crippen LogP contribution in [0.15, 0.2) is 24.3 Å². The first-order valence-electron chi connectivity index (χ1n) is 6.44. The minimum Gasteiger partial charge on any atom is -0.469 e. The molecule has 0 atom stereocenters. The van der Waals surface area contributed by atoms with Crippen LogP contribution in [0.4, 0.5) is 5.69 Å². The lowest BCUT2D eigenvalue weighted by Gasteiger charge is -2.42. The highest BCUT2D eigenvalue weighted by molar-refractivity contribution is 5.78. The van der Waals surface area contributed by atoms with Gasteiger partial charge in [0.2, 0.25) is 0 Å². The van der Waals surface area contributed by atoms with Gasteiger partial charge in [0.05, 0.1) is 12.5 Å².